The normalized spacial score (nSPS) is 15.6. The Morgan fingerprint density at radius 3 is 2.30 bits per heavy atom. The van der Waals surface area contributed by atoms with Crippen molar-refractivity contribution in [3.63, 3.8) is 0 Å². The van der Waals surface area contributed by atoms with Crippen molar-refractivity contribution >= 4 is 23.5 Å². The van der Waals surface area contributed by atoms with Gasteiger partial charge in [-0.1, -0.05) is 30.7 Å². The van der Waals surface area contributed by atoms with Crippen LogP contribution in [0.3, 0.4) is 0 Å². The van der Waals surface area contributed by atoms with Crippen LogP contribution in [-0.2, 0) is 37.1 Å². The van der Waals surface area contributed by atoms with E-state index in [0.29, 0.717) is 0 Å². The molecule has 3 N–H and O–H groups in total. The molecule has 1 aromatic carbocycles. The number of carbonyl (C=O) groups excluding carboxylic acids is 3. The molecule has 0 bridgehead atoms. The lowest BCUT2D eigenvalue weighted by atomic mass is 9.90. The molecule has 1 heterocycles. The smallest absolute Gasteiger partial charge is 0.306 e. The van der Waals surface area contributed by atoms with Crippen molar-refractivity contribution < 1.29 is 29.0 Å². The summed E-state index contributed by atoms with van der Waals surface area (Å²) in [5.74, 6) is -2.44. The lowest BCUT2D eigenvalue weighted by Gasteiger charge is -2.26. The number of carbonyl (C=O) groups is 4. The molecule has 1 aliphatic heterocycles. The Morgan fingerprint density at radius 1 is 1.00 bits per heavy atom. The molecular weight excluding hydrogens is 474 g/mol. The first-order chi connectivity index (χ1) is 17.8. The number of aliphatic carboxylic acids is 1. The highest BCUT2D eigenvalue weighted by molar-refractivity contribution is 5.90. The Morgan fingerprint density at radius 2 is 1.68 bits per heavy atom. The van der Waals surface area contributed by atoms with E-state index in [1.807, 2.05) is 24.3 Å². The summed E-state index contributed by atoms with van der Waals surface area (Å²) in [5.41, 5.74) is 2.07. The average molecular weight is 518 g/mol. The monoisotopic (exact) mass is 517 g/mol. The minimum atomic E-state index is -0.999. The SMILES string of the molecule is CN[C@H](CCC(=O)OCc1ccc(CNCCN2CCCCC2)cc1)C(=O)C[C@@H](CCC(=O)O)C(C)=O. The summed E-state index contributed by atoms with van der Waals surface area (Å²) >= 11 is 0. The first kappa shape index (κ1) is 30.6. The van der Waals surface area contributed by atoms with E-state index in [1.54, 1.807) is 7.05 Å². The van der Waals surface area contributed by atoms with E-state index >= 15 is 0 Å². The summed E-state index contributed by atoms with van der Waals surface area (Å²) < 4.78 is 5.37. The van der Waals surface area contributed by atoms with Gasteiger partial charge in [0, 0.05) is 44.8 Å². The summed E-state index contributed by atoms with van der Waals surface area (Å²) in [4.78, 5) is 50.0. The second kappa shape index (κ2) is 17.0. The van der Waals surface area contributed by atoms with Gasteiger partial charge in [0.25, 0.3) is 0 Å². The largest absolute Gasteiger partial charge is 0.481 e. The molecule has 1 aliphatic rings. The summed E-state index contributed by atoms with van der Waals surface area (Å²) in [7, 11) is 1.62. The van der Waals surface area contributed by atoms with E-state index in [-0.39, 0.29) is 50.3 Å². The summed E-state index contributed by atoms with van der Waals surface area (Å²) in [5, 5.41) is 15.2. The Labute approximate surface area is 220 Å². The molecule has 2 atom stereocenters. The molecule has 0 aromatic heterocycles. The fourth-order valence-corrected chi connectivity index (χ4v) is 4.50. The Kier molecular flexibility index (Phi) is 14.1. The minimum Gasteiger partial charge on any atom is -0.481 e. The molecule has 1 saturated heterocycles. The number of Topliss-reactive ketones (excluding diaryl/α,β-unsaturated/α-hetero) is 2. The maximum absolute atomic E-state index is 12.6. The van der Waals surface area contributed by atoms with Crippen LogP contribution in [0.1, 0.15) is 69.4 Å². The number of nitrogens with one attached hydrogen (secondary N) is 2. The second-order valence-corrected chi connectivity index (χ2v) is 9.85. The number of piperidine rings is 1. The van der Waals surface area contributed by atoms with Crippen molar-refractivity contribution in [3.05, 3.63) is 35.4 Å². The van der Waals surface area contributed by atoms with Gasteiger partial charge in [-0.3, -0.25) is 19.2 Å². The van der Waals surface area contributed by atoms with Crippen LogP contribution in [-0.4, -0.2) is 72.8 Å². The molecule has 0 aliphatic carbocycles. The summed E-state index contributed by atoms with van der Waals surface area (Å²) in [6, 6.07) is 7.37. The zero-order valence-electron chi connectivity index (χ0n) is 22.3. The molecule has 0 spiro atoms. The van der Waals surface area contributed by atoms with Crippen LogP contribution in [0.5, 0.6) is 0 Å². The molecule has 2 rings (SSSR count). The molecule has 1 fully saturated rings. The first-order valence-electron chi connectivity index (χ1n) is 13.4. The molecule has 0 unspecified atom stereocenters. The molecule has 37 heavy (non-hydrogen) atoms. The van der Waals surface area contributed by atoms with Crippen molar-refractivity contribution in [1.82, 2.24) is 15.5 Å². The topological polar surface area (TPSA) is 125 Å². The molecule has 0 saturated carbocycles. The van der Waals surface area contributed by atoms with Gasteiger partial charge in [0.2, 0.25) is 0 Å². The number of ketones is 2. The molecule has 206 valence electrons. The van der Waals surface area contributed by atoms with Gasteiger partial charge in [-0.15, -0.1) is 0 Å². The van der Waals surface area contributed by atoms with Crippen molar-refractivity contribution in [1.29, 1.82) is 0 Å². The van der Waals surface area contributed by atoms with Gasteiger partial charge in [-0.2, -0.15) is 0 Å². The van der Waals surface area contributed by atoms with Gasteiger partial charge < -0.3 is 25.4 Å². The third kappa shape index (κ3) is 12.5. The van der Waals surface area contributed by atoms with Crippen LogP contribution in [0, 0.1) is 5.92 Å². The number of likely N-dealkylation sites (tertiary alicyclic amines) is 1. The van der Waals surface area contributed by atoms with Crippen molar-refractivity contribution in [2.24, 2.45) is 5.92 Å². The quantitative estimate of drug-likeness (QED) is 0.199. The van der Waals surface area contributed by atoms with Gasteiger partial charge in [-0.05, 0) is 63.9 Å². The van der Waals surface area contributed by atoms with E-state index in [2.05, 4.69) is 15.5 Å². The predicted molar refractivity (Wildman–Crippen MR) is 141 cm³/mol. The van der Waals surface area contributed by atoms with E-state index in [9.17, 15) is 19.2 Å². The van der Waals surface area contributed by atoms with Gasteiger partial charge >= 0.3 is 11.9 Å². The number of ether oxygens (including phenoxy) is 1. The molecule has 0 radical (unpaired) electrons. The molecule has 0 amide bonds. The number of hydrogen-bond acceptors (Lipinski definition) is 8. The van der Waals surface area contributed by atoms with E-state index in [0.717, 1.165) is 25.2 Å². The number of benzene rings is 1. The Balaban J connectivity index is 1.67. The highest BCUT2D eigenvalue weighted by Gasteiger charge is 2.25. The van der Waals surface area contributed by atoms with Crippen LogP contribution in [0.4, 0.5) is 0 Å². The number of carboxylic acids is 1. The lowest BCUT2D eigenvalue weighted by molar-refractivity contribution is -0.145. The van der Waals surface area contributed by atoms with Crippen LogP contribution in [0.2, 0.25) is 0 Å². The van der Waals surface area contributed by atoms with Crippen molar-refractivity contribution in [3.8, 4) is 0 Å². The van der Waals surface area contributed by atoms with Crippen LogP contribution >= 0.6 is 0 Å². The Hall–Kier alpha value is -2.62. The minimum absolute atomic E-state index is 0.0391. The maximum Gasteiger partial charge on any atom is 0.306 e. The number of esters is 1. The van der Waals surface area contributed by atoms with E-state index in [4.69, 9.17) is 9.84 Å². The highest BCUT2D eigenvalue weighted by atomic mass is 16.5. The van der Waals surface area contributed by atoms with Gasteiger partial charge in [0.1, 0.15) is 18.2 Å². The zero-order valence-corrected chi connectivity index (χ0v) is 22.3. The van der Waals surface area contributed by atoms with Crippen molar-refractivity contribution in [2.45, 2.75) is 77.5 Å². The lowest BCUT2D eigenvalue weighted by Crippen LogP contribution is -2.36. The van der Waals surface area contributed by atoms with Crippen LogP contribution < -0.4 is 10.6 Å². The summed E-state index contributed by atoms with van der Waals surface area (Å²) in [6.45, 7) is 6.79. The zero-order chi connectivity index (χ0) is 27.0. The second-order valence-electron chi connectivity index (χ2n) is 9.85. The molecule has 9 nitrogen and oxygen atoms in total. The maximum atomic E-state index is 12.6. The number of hydrogen-bond donors (Lipinski definition) is 3. The standard InChI is InChI=1S/C28H43N3O6/c1-21(32)24(10-12-27(34)35)18-26(33)25(29-2)11-13-28(36)37-20-23-8-6-22(7-9-23)19-30-14-17-31-15-4-3-5-16-31/h6-9,24-25,29-30H,3-5,10-20H2,1-2H3,(H,34,35)/t24-,25-/m1/s1. The fraction of sp³-hybridized carbons (Fsp3) is 0.643. The van der Waals surface area contributed by atoms with Gasteiger partial charge in [-0.25, -0.2) is 0 Å². The van der Waals surface area contributed by atoms with Crippen LogP contribution in [0.15, 0.2) is 24.3 Å². The highest BCUT2D eigenvalue weighted by Crippen LogP contribution is 2.16. The molecular formula is C28H43N3O6. The number of nitrogens with zero attached hydrogens (tertiary/aromatic N) is 1. The van der Waals surface area contributed by atoms with Gasteiger partial charge in [0.05, 0.1) is 6.04 Å². The molecule has 1 aromatic rings. The van der Waals surface area contributed by atoms with E-state index < -0.39 is 23.9 Å². The third-order valence-electron chi connectivity index (χ3n) is 6.91. The predicted octanol–water partition coefficient (Wildman–Crippen LogP) is 2.70. The van der Waals surface area contributed by atoms with Gasteiger partial charge in [0.15, 0.2) is 0 Å². The first-order valence-corrected chi connectivity index (χ1v) is 13.4. The average Bonchev–Trinajstić information content (AvgIpc) is 2.89. The third-order valence-corrected chi connectivity index (χ3v) is 6.91. The number of likely N-dealkylation sites (N-methyl/N-ethyl adjacent to an activating group) is 1. The van der Waals surface area contributed by atoms with E-state index in [1.165, 1.54) is 44.8 Å². The van der Waals surface area contributed by atoms with Crippen LogP contribution in [0.25, 0.3) is 0 Å². The van der Waals surface area contributed by atoms with Crippen molar-refractivity contribution in [2.75, 3.05) is 33.2 Å². The molecule has 9 heteroatoms. The number of rotatable bonds is 18. The number of carboxylic acid groups (broad SMARTS) is 1. The Bertz CT molecular complexity index is 867. The summed E-state index contributed by atoms with van der Waals surface area (Å²) in [6.07, 6.45) is 4.20. The fourth-order valence-electron chi connectivity index (χ4n) is 4.50.